The number of halogens is 2. The van der Waals surface area contributed by atoms with E-state index in [4.69, 9.17) is 28.0 Å². The van der Waals surface area contributed by atoms with Crippen LogP contribution in [0.4, 0.5) is 0 Å². The summed E-state index contributed by atoms with van der Waals surface area (Å²) in [6.45, 7) is 1.91. The first kappa shape index (κ1) is 14.1. The Balaban J connectivity index is 2.02. The molecule has 108 valence electrons. The molecule has 2 bridgehead atoms. The summed E-state index contributed by atoms with van der Waals surface area (Å²) in [4.78, 5) is 16.3. The van der Waals surface area contributed by atoms with Crippen molar-refractivity contribution in [1.29, 1.82) is 0 Å². The molecule has 4 atom stereocenters. The van der Waals surface area contributed by atoms with Gasteiger partial charge in [-0.05, 0) is 18.8 Å². The fourth-order valence-electron chi connectivity index (χ4n) is 3.82. The largest absolute Gasteiger partial charge is 0.299 e. The zero-order chi connectivity index (χ0) is 14.1. The second-order valence-corrected chi connectivity index (χ2v) is 8.80. The van der Waals surface area contributed by atoms with E-state index in [2.05, 4.69) is 0 Å². The molecule has 5 nitrogen and oxygen atoms in total. The van der Waals surface area contributed by atoms with Crippen molar-refractivity contribution >= 4 is 39.0 Å². The lowest BCUT2D eigenvalue weighted by atomic mass is 9.70. The Hall–Kier alpha value is 0.120. The van der Waals surface area contributed by atoms with Crippen molar-refractivity contribution in [2.45, 2.75) is 31.0 Å². The van der Waals surface area contributed by atoms with Crippen LogP contribution >= 0.6 is 23.2 Å². The summed E-state index contributed by atoms with van der Waals surface area (Å²) < 4.78 is 25.2. The van der Waals surface area contributed by atoms with Crippen molar-refractivity contribution in [3.63, 3.8) is 0 Å². The molecule has 1 unspecified atom stereocenters. The molecule has 1 heterocycles. The van der Waals surface area contributed by atoms with Gasteiger partial charge in [0.05, 0.1) is 11.2 Å². The van der Waals surface area contributed by atoms with Crippen molar-refractivity contribution in [3.8, 4) is 0 Å². The number of hydrogen-bond acceptors (Lipinski definition) is 4. The van der Waals surface area contributed by atoms with Gasteiger partial charge in [0.2, 0.25) is 10.0 Å². The second-order valence-electron chi connectivity index (χ2n) is 5.85. The number of alkyl halides is 2. The van der Waals surface area contributed by atoms with Gasteiger partial charge >= 0.3 is 0 Å². The van der Waals surface area contributed by atoms with E-state index in [1.165, 1.54) is 0 Å². The summed E-state index contributed by atoms with van der Waals surface area (Å²) in [7, 11) is -3.58. The number of nitrogens with zero attached hydrogens (tertiary/aromatic N) is 1. The number of fused-ring (bicyclic) bond motifs is 2. The summed E-state index contributed by atoms with van der Waals surface area (Å²) >= 11 is 12.2. The lowest BCUT2D eigenvalue weighted by Gasteiger charge is -2.40. The molecule has 0 spiro atoms. The first-order valence-electron chi connectivity index (χ1n) is 6.19. The highest BCUT2D eigenvalue weighted by Gasteiger charge is 2.70. The number of hydrogen-bond donors (Lipinski definition) is 0. The topological polar surface area (TPSA) is 66.8 Å². The molecule has 3 fully saturated rings. The lowest BCUT2D eigenvalue weighted by Crippen LogP contribution is -2.47. The van der Waals surface area contributed by atoms with Gasteiger partial charge in [0, 0.05) is 11.8 Å². The van der Waals surface area contributed by atoms with Crippen LogP contribution in [0.15, 0.2) is 0 Å². The highest BCUT2D eigenvalue weighted by molar-refractivity contribution is 7.89. The summed E-state index contributed by atoms with van der Waals surface area (Å²) in [5, 5.41) is 0. The molecule has 19 heavy (non-hydrogen) atoms. The van der Waals surface area contributed by atoms with Crippen LogP contribution < -0.4 is 0 Å². The SMILES string of the molecule is C[C@@]1(C(Cl)Cl)[C@@H]2CC[C@]1(CS(=O)(=O)N1CO1)C(=O)C2. The minimum atomic E-state index is -3.58. The van der Waals surface area contributed by atoms with Gasteiger partial charge in [-0.1, -0.05) is 11.4 Å². The highest BCUT2D eigenvalue weighted by Crippen LogP contribution is 2.67. The van der Waals surface area contributed by atoms with Gasteiger partial charge in [0.15, 0.2) is 6.73 Å². The average Bonchev–Trinajstić information content (AvgIpc) is 3.09. The third-order valence-corrected chi connectivity index (χ3v) is 7.79. The van der Waals surface area contributed by atoms with Crippen LogP contribution in [-0.4, -0.2) is 36.0 Å². The number of sulfonamides is 1. The van der Waals surface area contributed by atoms with Gasteiger partial charge in [-0.3, -0.25) is 9.63 Å². The van der Waals surface area contributed by atoms with Crippen LogP contribution in [-0.2, 0) is 19.7 Å². The third kappa shape index (κ3) is 1.73. The Labute approximate surface area is 122 Å². The summed E-state index contributed by atoms with van der Waals surface area (Å²) in [6, 6.07) is 0. The predicted molar refractivity (Wildman–Crippen MR) is 70.0 cm³/mol. The maximum absolute atomic E-state index is 12.4. The Morgan fingerprint density at radius 1 is 1.53 bits per heavy atom. The minimum absolute atomic E-state index is 0.0250. The molecular formula is C11H15Cl2NO4S. The summed E-state index contributed by atoms with van der Waals surface area (Å²) in [5.41, 5.74) is -1.63. The Morgan fingerprint density at radius 3 is 2.63 bits per heavy atom. The van der Waals surface area contributed by atoms with Crippen LogP contribution in [0.3, 0.4) is 0 Å². The standard InChI is InChI=1S/C11H15Cl2NO4S/c1-10(9(12)13)7-2-3-11(10,8(15)4-7)5-19(16,17)14-6-18-14/h7,9H,2-6H2,1H3/t7-,10+,11+,14?/m1/s1. The molecule has 0 radical (unpaired) electrons. The van der Waals surface area contributed by atoms with Crippen LogP contribution in [0.1, 0.15) is 26.2 Å². The third-order valence-electron chi connectivity index (χ3n) is 5.19. The van der Waals surface area contributed by atoms with Gasteiger partial charge in [0.25, 0.3) is 0 Å². The number of ketones is 1. The predicted octanol–water partition coefficient (Wildman–Crippen LogP) is 1.70. The Bertz CT molecular complexity index is 533. The molecule has 2 aliphatic carbocycles. The van der Waals surface area contributed by atoms with Crippen LogP contribution in [0, 0.1) is 16.7 Å². The van der Waals surface area contributed by atoms with Crippen LogP contribution in [0.5, 0.6) is 0 Å². The average molecular weight is 328 g/mol. The Kier molecular flexibility index (Phi) is 3.02. The Morgan fingerprint density at radius 2 is 2.16 bits per heavy atom. The van der Waals surface area contributed by atoms with E-state index in [1.807, 2.05) is 6.92 Å². The highest BCUT2D eigenvalue weighted by atomic mass is 35.5. The van der Waals surface area contributed by atoms with Gasteiger partial charge in [-0.25, -0.2) is 8.42 Å². The van der Waals surface area contributed by atoms with E-state index in [-0.39, 0.29) is 24.2 Å². The molecule has 3 aliphatic rings. The smallest absolute Gasteiger partial charge is 0.239 e. The first-order chi connectivity index (χ1) is 8.74. The maximum atomic E-state index is 12.4. The van der Waals surface area contributed by atoms with Gasteiger partial charge in [-0.2, -0.15) is 0 Å². The van der Waals surface area contributed by atoms with E-state index in [9.17, 15) is 13.2 Å². The number of rotatable bonds is 4. The van der Waals surface area contributed by atoms with Crippen LogP contribution in [0.2, 0.25) is 0 Å². The van der Waals surface area contributed by atoms with E-state index in [0.29, 0.717) is 12.8 Å². The normalized spacial score (nSPS) is 45.2. The molecule has 0 aromatic rings. The van der Waals surface area contributed by atoms with Gasteiger partial charge < -0.3 is 0 Å². The molecule has 2 saturated carbocycles. The fourth-order valence-corrected chi connectivity index (χ4v) is 6.34. The molecule has 1 saturated heterocycles. The second kappa shape index (κ2) is 4.07. The molecule has 3 rings (SSSR count). The molecule has 0 aromatic carbocycles. The van der Waals surface area contributed by atoms with E-state index in [1.54, 1.807) is 0 Å². The first-order valence-corrected chi connectivity index (χ1v) is 8.67. The zero-order valence-corrected chi connectivity index (χ0v) is 12.8. The zero-order valence-electron chi connectivity index (χ0n) is 10.4. The van der Waals surface area contributed by atoms with E-state index in [0.717, 1.165) is 10.9 Å². The number of hydroxylamine groups is 1. The monoisotopic (exact) mass is 327 g/mol. The molecule has 1 aliphatic heterocycles. The van der Waals surface area contributed by atoms with Crippen molar-refractivity contribution in [2.24, 2.45) is 16.7 Å². The lowest BCUT2D eigenvalue weighted by molar-refractivity contribution is -0.128. The maximum Gasteiger partial charge on any atom is 0.239 e. The van der Waals surface area contributed by atoms with E-state index >= 15 is 0 Å². The van der Waals surface area contributed by atoms with Gasteiger partial charge in [-0.15, -0.1) is 23.2 Å². The number of carbonyl (C=O) groups is 1. The molecule has 0 amide bonds. The van der Waals surface area contributed by atoms with Gasteiger partial charge in [0.1, 0.15) is 10.6 Å². The number of Topliss-reactive ketones (excluding diaryl/α,β-unsaturated/α-hetero) is 1. The quantitative estimate of drug-likeness (QED) is 0.582. The molecule has 0 N–H and O–H groups in total. The van der Waals surface area contributed by atoms with Crippen molar-refractivity contribution in [3.05, 3.63) is 0 Å². The molecule has 0 aromatic heterocycles. The fraction of sp³-hybridized carbons (Fsp3) is 0.909. The van der Waals surface area contributed by atoms with Crippen LogP contribution in [0.25, 0.3) is 0 Å². The van der Waals surface area contributed by atoms with Crippen molar-refractivity contribution in [1.82, 2.24) is 4.47 Å². The van der Waals surface area contributed by atoms with E-state index < -0.39 is 25.7 Å². The minimum Gasteiger partial charge on any atom is -0.299 e. The molecular weight excluding hydrogens is 313 g/mol. The van der Waals surface area contributed by atoms with Crippen molar-refractivity contribution < 1.29 is 18.0 Å². The number of carbonyl (C=O) groups excluding carboxylic acids is 1. The van der Waals surface area contributed by atoms with Crippen molar-refractivity contribution in [2.75, 3.05) is 12.5 Å². The summed E-state index contributed by atoms with van der Waals surface area (Å²) in [6.07, 6.45) is 1.72. The molecule has 8 heteroatoms. The summed E-state index contributed by atoms with van der Waals surface area (Å²) in [5.74, 6) is -0.199.